The van der Waals surface area contributed by atoms with E-state index in [4.69, 9.17) is 9.26 Å². The number of carbonyl (C=O) groups excluding carboxylic acids is 1. The van der Waals surface area contributed by atoms with Crippen LogP contribution in [0.2, 0.25) is 0 Å². The van der Waals surface area contributed by atoms with Gasteiger partial charge in [-0.05, 0) is 40.2 Å². The Morgan fingerprint density at radius 1 is 1.30 bits per heavy atom. The van der Waals surface area contributed by atoms with Crippen molar-refractivity contribution in [3.05, 3.63) is 34.0 Å². The summed E-state index contributed by atoms with van der Waals surface area (Å²) in [6, 6.07) is 0. The van der Waals surface area contributed by atoms with Crippen molar-refractivity contribution in [3.8, 4) is 0 Å². The van der Waals surface area contributed by atoms with Gasteiger partial charge in [-0.1, -0.05) is 5.16 Å². The molecule has 0 saturated carbocycles. The highest BCUT2D eigenvalue weighted by atomic mass is 16.5. The Hall–Kier alpha value is -2.11. The maximum atomic E-state index is 11.9. The van der Waals surface area contributed by atoms with Gasteiger partial charge in [0.15, 0.2) is 5.69 Å². The summed E-state index contributed by atoms with van der Waals surface area (Å²) in [4.78, 5) is 11.9. The second-order valence-electron chi connectivity index (χ2n) is 4.74. The highest BCUT2D eigenvalue weighted by molar-refractivity contribution is 5.88. The molecule has 0 bridgehead atoms. The molecule has 0 radical (unpaired) electrons. The number of aromatic nitrogens is 3. The molecule has 0 aliphatic rings. The van der Waals surface area contributed by atoms with Crippen LogP contribution >= 0.6 is 0 Å². The SMILES string of the molecule is CCOC(=O)c1noc(C)c1Cn1nc(C)c(C)c1C. The average Bonchev–Trinajstić information content (AvgIpc) is 2.88. The first-order valence-electron chi connectivity index (χ1n) is 6.58. The predicted octanol–water partition coefficient (Wildman–Crippen LogP) is 2.33. The van der Waals surface area contributed by atoms with E-state index in [1.807, 2.05) is 25.5 Å². The summed E-state index contributed by atoms with van der Waals surface area (Å²) >= 11 is 0. The molecule has 0 atom stereocenters. The van der Waals surface area contributed by atoms with Crippen LogP contribution in [0.15, 0.2) is 4.52 Å². The van der Waals surface area contributed by atoms with E-state index in [1.54, 1.807) is 13.8 Å². The monoisotopic (exact) mass is 277 g/mol. The molecule has 108 valence electrons. The topological polar surface area (TPSA) is 70.2 Å². The zero-order valence-corrected chi connectivity index (χ0v) is 12.5. The minimum Gasteiger partial charge on any atom is -0.461 e. The molecule has 2 aromatic heterocycles. The fourth-order valence-electron chi connectivity index (χ4n) is 2.03. The highest BCUT2D eigenvalue weighted by Gasteiger charge is 2.22. The smallest absolute Gasteiger partial charge is 0.360 e. The summed E-state index contributed by atoms with van der Waals surface area (Å²) < 4.78 is 12.0. The Bertz CT molecular complexity index is 640. The van der Waals surface area contributed by atoms with E-state index in [-0.39, 0.29) is 5.69 Å². The van der Waals surface area contributed by atoms with Gasteiger partial charge in [0.25, 0.3) is 0 Å². The Morgan fingerprint density at radius 3 is 2.55 bits per heavy atom. The van der Waals surface area contributed by atoms with Gasteiger partial charge in [0.05, 0.1) is 24.4 Å². The Labute approximate surface area is 117 Å². The van der Waals surface area contributed by atoms with Crippen LogP contribution < -0.4 is 0 Å². The molecule has 0 aliphatic heterocycles. The number of ether oxygens (including phenoxy) is 1. The largest absolute Gasteiger partial charge is 0.461 e. The summed E-state index contributed by atoms with van der Waals surface area (Å²) in [6.07, 6.45) is 0. The first-order chi connectivity index (χ1) is 9.45. The molecule has 2 rings (SSSR count). The van der Waals surface area contributed by atoms with E-state index in [1.165, 1.54) is 0 Å². The lowest BCUT2D eigenvalue weighted by Gasteiger charge is -2.05. The maximum absolute atomic E-state index is 11.9. The van der Waals surface area contributed by atoms with Crippen LogP contribution in [0.3, 0.4) is 0 Å². The van der Waals surface area contributed by atoms with Gasteiger partial charge in [0.2, 0.25) is 0 Å². The van der Waals surface area contributed by atoms with Crippen LogP contribution in [0.1, 0.15) is 45.7 Å². The molecule has 0 saturated heterocycles. The number of aryl methyl sites for hydroxylation is 2. The molecular formula is C14H19N3O3. The van der Waals surface area contributed by atoms with Gasteiger partial charge in [-0.15, -0.1) is 0 Å². The summed E-state index contributed by atoms with van der Waals surface area (Å²) in [6.45, 7) is 10.3. The van der Waals surface area contributed by atoms with Crippen molar-refractivity contribution in [1.29, 1.82) is 0 Å². The lowest BCUT2D eigenvalue weighted by Crippen LogP contribution is -2.12. The summed E-state index contributed by atoms with van der Waals surface area (Å²) in [5, 5.41) is 8.27. The Morgan fingerprint density at radius 2 is 2.00 bits per heavy atom. The molecule has 2 heterocycles. The van der Waals surface area contributed by atoms with E-state index >= 15 is 0 Å². The van der Waals surface area contributed by atoms with Crippen LogP contribution in [0, 0.1) is 27.7 Å². The van der Waals surface area contributed by atoms with Gasteiger partial charge >= 0.3 is 5.97 Å². The van der Waals surface area contributed by atoms with Gasteiger partial charge in [-0.2, -0.15) is 5.10 Å². The van der Waals surface area contributed by atoms with E-state index in [9.17, 15) is 4.79 Å². The molecule has 0 spiro atoms. The van der Waals surface area contributed by atoms with Crippen molar-refractivity contribution >= 4 is 5.97 Å². The molecule has 0 fully saturated rings. The molecule has 0 amide bonds. The molecule has 2 aromatic rings. The molecule has 0 unspecified atom stereocenters. The highest BCUT2D eigenvalue weighted by Crippen LogP contribution is 2.19. The van der Waals surface area contributed by atoms with Crippen molar-refractivity contribution in [3.63, 3.8) is 0 Å². The van der Waals surface area contributed by atoms with E-state index in [0.29, 0.717) is 24.5 Å². The quantitative estimate of drug-likeness (QED) is 0.802. The molecule has 0 aromatic carbocycles. The third-order valence-electron chi connectivity index (χ3n) is 3.50. The summed E-state index contributed by atoms with van der Waals surface area (Å²) in [5.74, 6) is 0.149. The van der Waals surface area contributed by atoms with Crippen LogP contribution in [-0.4, -0.2) is 27.5 Å². The molecule has 6 heteroatoms. The number of nitrogens with zero attached hydrogens (tertiary/aromatic N) is 3. The van der Waals surface area contributed by atoms with Gasteiger partial charge in [0, 0.05) is 5.69 Å². The molecule has 20 heavy (non-hydrogen) atoms. The van der Waals surface area contributed by atoms with E-state index < -0.39 is 5.97 Å². The minimum atomic E-state index is -0.461. The van der Waals surface area contributed by atoms with Crippen LogP contribution in [-0.2, 0) is 11.3 Å². The zero-order valence-electron chi connectivity index (χ0n) is 12.5. The summed E-state index contributed by atoms with van der Waals surface area (Å²) in [5.41, 5.74) is 4.15. The van der Waals surface area contributed by atoms with Crippen LogP contribution in [0.4, 0.5) is 0 Å². The zero-order chi connectivity index (χ0) is 14.9. The second kappa shape index (κ2) is 5.48. The van der Waals surface area contributed by atoms with Crippen LogP contribution in [0.25, 0.3) is 0 Å². The number of hydrogen-bond donors (Lipinski definition) is 0. The lowest BCUT2D eigenvalue weighted by molar-refractivity contribution is 0.0513. The number of carbonyl (C=O) groups is 1. The first kappa shape index (κ1) is 14.3. The Kier molecular flexibility index (Phi) is 3.92. The lowest BCUT2D eigenvalue weighted by atomic mass is 10.2. The molecular weight excluding hydrogens is 258 g/mol. The van der Waals surface area contributed by atoms with Crippen LogP contribution in [0.5, 0.6) is 0 Å². The molecule has 0 N–H and O–H groups in total. The van der Waals surface area contributed by atoms with Crippen molar-refractivity contribution in [2.75, 3.05) is 6.61 Å². The van der Waals surface area contributed by atoms with E-state index in [0.717, 1.165) is 17.0 Å². The third kappa shape index (κ3) is 2.45. The fraction of sp³-hybridized carbons (Fsp3) is 0.500. The van der Waals surface area contributed by atoms with Gasteiger partial charge in [0.1, 0.15) is 5.76 Å². The van der Waals surface area contributed by atoms with Crippen molar-refractivity contribution in [1.82, 2.24) is 14.9 Å². The number of esters is 1. The second-order valence-corrected chi connectivity index (χ2v) is 4.74. The minimum absolute atomic E-state index is 0.231. The molecule has 6 nitrogen and oxygen atoms in total. The van der Waals surface area contributed by atoms with Crippen molar-refractivity contribution in [2.24, 2.45) is 0 Å². The predicted molar refractivity (Wildman–Crippen MR) is 72.7 cm³/mol. The number of hydrogen-bond acceptors (Lipinski definition) is 5. The number of rotatable bonds is 4. The normalized spacial score (nSPS) is 10.8. The molecule has 0 aliphatic carbocycles. The maximum Gasteiger partial charge on any atom is 0.360 e. The fourth-order valence-corrected chi connectivity index (χ4v) is 2.03. The Balaban J connectivity index is 2.36. The van der Waals surface area contributed by atoms with Crippen molar-refractivity contribution in [2.45, 2.75) is 41.2 Å². The first-order valence-corrected chi connectivity index (χ1v) is 6.58. The average molecular weight is 277 g/mol. The van der Waals surface area contributed by atoms with Crippen molar-refractivity contribution < 1.29 is 14.1 Å². The third-order valence-corrected chi connectivity index (χ3v) is 3.50. The van der Waals surface area contributed by atoms with Gasteiger partial charge in [-0.25, -0.2) is 4.79 Å². The van der Waals surface area contributed by atoms with Gasteiger partial charge in [-0.3, -0.25) is 4.68 Å². The summed E-state index contributed by atoms with van der Waals surface area (Å²) in [7, 11) is 0. The standard InChI is InChI=1S/C14H19N3O3/c1-6-19-14(18)13-12(11(5)20-16-13)7-17-10(4)8(2)9(3)15-17/h6-7H2,1-5H3. The van der Waals surface area contributed by atoms with Gasteiger partial charge < -0.3 is 9.26 Å². The van der Waals surface area contributed by atoms with E-state index in [2.05, 4.69) is 10.3 Å².